The number of carboxylic acid groups (broad SMARTS) is 1. The monoisotopic (exact) mass is 406 g/mol. The first-order chi connectivity index (χ1) is 14.0. The second-order valence-corrected chi connectivity index (χ2v) is 7.99. The van der Waals surface area contributed by atoms with Gasteiger partial charge in [0.05, 0.1) is 5.92 Å². The molecule has 1 amide bonds. The van der Waals surface area contributed by atoms with Crippen LogP contribution in [0.4, 0.5) is 10.1 Å². The van der Waals surface area contributed by atoms with Gasteiger partial charge in [-0.3, -0.25) is 19.4 Å². The summed E-state index contributed by atoms with van der Waals surface area (Å²) in [4.78, 5) is 30.9. The fourth-order valence-electron chi connectivity index (χ4n) is 4.00. The molecular weight excluding hydrogens is 375 g/mol. The molecule has 2 saturated heterocycles. The average Bonchev–Trinajstić information content (AvgIpc) is 3.22. The van der Waals surface area contributed by atoms with Gasteiger partial charge in [-0.25, -0.2) is 4.39 Å². The van der Waals surface area contributed by atoms with Gasteiger partial charge in [-0.2, -0.15) is 0 Å². The molecule has 2 N–H and O–H groups in total. The highest BCUT2D eigenvalue weighted by atomic mass is 19.1. The van der Waals surface area contributed by atoms with E-state index in [2.05, 4.69) is 20.0 Å². The van der Waals surface area contributed by atoms with Crippen LogP contribution in [0, 0.1) is 11.7 Å². The highest BCUT2D eigenvalue weighted by Gasteiger charge is 2.26. The first-order valence-corrected chi connectivity index (χ1v) is 10.4. The fraction of sp³-hybridized carbons (Fsp3) is 0.619. The Morgan fingerprint density at radius 2 is 1.48 bits per heavy atom. The Labute approximate surface area is 171 Å². The van der Waals surface area contributed by atoms with Crippen molar-refractivity contribution in [3.8, 4) is 0 Å². The van der Waals surface area contributed by atoms with Crippen molar-refractivity contribution in [3.05, 3.63) is 30.1 Å². The third-order valence-corrected chi connectivity index (χ3v) is 5.78. The van der Waals surface area contributed by atoms with Crippen molar-refractivity contribution in [2.24, 2.45) is 5.92 Å². The number of amides is 1. The molecular formula is C21H31FN4O3. The molecule has 8 heteroatoms. The zero-order valence-corrected chi connectivity index (χ0v) is 16.9. The van der Waals surface area contributed by atoms with E-state index in [4.69, 9.17) is 0 Å². The first-order valence-electron chi connectivity index (χ1n) is 10.4. The summed E-state index contributed by atoms with van der Waals surface area (Å²) in [7, 11) is 0. The topological polar surface area (TPSA) is 76.1 Å². The number of halogens is 1. The molecule has 0 unspecified atom stereocenters. The van der Waals surface area contributed by atoms with Crippen molar-refractivity contribution in [3.63, 3.8) is 0 Å². The Morgan fingerprint density at radius 3 is 2.07 bits per heavy atom. The molecule has 0 spiro atoms. The number of carbonyl (C=O) groups excluding carboxylic acids is 1. The van der Waals surface area contributed by atoms with Gasteiger partial charge in [0.1, 0.15) is 5.82 Å². The van der Waals surface area contributed by atoms with Crippen LogP contribution in [0.25, 0.3) is 0 Å². The second-order valence-electron chi connectivity index (χ2n) is 7.99. The Morgan fingerprint density at radius 1 is 0.931 bits per heavy atom. The van der Waals surface area contributed by atoms with E-state index in [-0.39, 0.29) is 18.1 Å². The third-order valence-electron chi connectivity index (χ3n) is 5.78. The second kappa shape index (κ2) is 10.7. The zero-order chi connectivity index (χ0) is 20.6. The lowest BCUT2D eigenvalue weighted by Gasteiger charge is -2.36. The molecule has 0 saturated carbocycles. The minimum atomic E-state index is -0.962. The van der Waals surface area contributed by atoms with Crippen LogP contribution < -0.4 is 5.32 Å². The summed E-state index contributed by atoms with van der Waals surface area (Å²) in [6, 6.07) is 5.44. The number of nitrogens with zero attached hydrogens (tertiary/aromatic N) is 3. The molecule has 3 rings (SSSR count). The summed E-state index contributed by atoms with van der Waals surface area (Å²) in [5.41, 5.74) is 0.465. The Kier molecular flexibility index (Phi) is 7.97. The lowest BCUT2D eigenvalue weighted by molar-refractivity contribution is -0.144. The van der Waals surface area contributed by atoms with Crippen molar-refractivity contribution in [2.75, 3.05) is 64.2 Å². The molecule has 2 aliphatic rings. The van der Waals surface area contributed by atoms with Gasteiger partial charge in [0, 0.05) is 57.9 Å². The molecule has 0 bridgehead atoms. The summed E-state index contributed by atoms with van der Waals surface area (Å²) in [6.07, 6.45) is 2.51. The van der Waals surface area contributed by atoms with Gasteiger partial charge < -0.3 is 15.3 Å². The Balaban J connectivity index is 1.40. The van der Waals surface area contributed by atoms with E-state index in [0.717, 1.165) is 39.3 Å². The number of piperazine rings is 1. The maximum absolute atomic E-state index is 13.0. The number of carboxylic acids is 1. The molecule has 2 fully saturated rings. The zero-order valence-electron chi connectivity index (χ0n) is 16.9. The molecule has 1 aromatic rings. The predicted octanol–water partition coefficient (Wildman–Crippen LogP) is 1.57. The lowest BCUT2D eigenvalue weighted by atomic mass is 10.0. The van der Waals surface area contributed by atoms with E-state index in [1.807, 2.05) is 0 Å². The quantitative estimate of drug-likeness (QED) is 0.648. The van der Waals surface area contributed by atoms with E-state index in [0.29, 0.717) is 12.2 Å². The van der Waals surface area contributed by atoms with Crippen molar-refractivity contribution in [2.45, 2.75) is 19.3 Å². The number of carbonyl (C=O) groups is 2. The first kappa shape index (κ1) is 21.7. The van der Waals surface area contributed by atoms with Crippen molar-refractivity contribution < 1.29 is 19.1 Å². The van der Waals surface area contributed by atoms with Crippen molar-refractivity contribution in [1.82, 2.24) is 14.7 Å². The molecule has 1 aromatic carbocycles. The Hall–Kier alpha value is -2.03. The minimum Gasteiger partial charge on any atom is -0.481 e. The molecule has 7 nitrogen and oxygen atoms in total. The predicted molar refractivity (Wildman–Crippen MR) is 109 cm³/mol. The summed E-state index contributed by atoms with van der Waals surface area (Å²) in [5.74, 6) is -2.47. The van der Waals surface area contributed by atoms with Crippen LogP contribution in [0.2, 0.25) is 0 Å². The van der Waals surface area contributed by atoms with Gasteiger partial charge in [0.2, 0.25) is 5.91 Å². The standard InChI is InChI=1S/C21H31FN4O3/c22-18-3-5-19(6-4-18)23-20(27)15-17(21(28)29)16-26-13-11-25(12-14-26)10-9-24-7-1-2-8-24/h3-6,17H,1-2,7-16H2,(H,23,27)(H,28,29)/t17-/m0/s1. The number of nitrogens with one attached hydrogen (secondary N) is 1. The summed E-state index contributed by atoms with van der Waals surface area (Å²) in [6.45, 7) is 8.47. The lowest BCUT2D eigenvalue weighted by Crippen LogP contribution is -2.50. The van der Waals surface area contributed by atoms with Crippen molar-refractivity contribution >= 4 is 17.6 Å². The molecule has 1 atom stereocenters. The van der Waals surface area contributed by atoms with Crippen LogP contribution in [0.5, 0.6) is 0 Å². The van der Waals surface area contributed by atoms with Crippen LogP contribution >= 0.6 is 0 Å². The van der Waals surface area contributed by atoms with E-state index < -0.39 is 11.9 Å². The normalized spacial score (nSPS) is 19.9. The fourth-order valence-corrected chi connectivity index (χ4v) is 4.00. The summed E-state index contributed by atoms with van der Waals surface area (Å²) >= 11 is 0. The molecule has 160 valence electrons. The number of likely N-dealkylation sites (tertiary alicyclic amines) is 1. The number of hydrogen-bond donors (Lipinski definition) is 2. The smallest absolute Gasteiger partial charge is 0.308 e. The summed E-state index contributed by atoms with van der Waals surface area (Å²) in [5, 5.41) is 12.2. The van der Waals surface area contributed by atoms with E-state index in [9.17, 15) is 19.1 Å². The van der Waals surface area contributed by atoms with E-state index >= 15 is 0 Å². The van der Waals surface area contributed by atoms with Gasteiger partial charge in [-0.1, -0.05) is 0 Å². The number of rotatable bonds is 9. The van der Waals surface area contributed by atoms with Crippen LogP contribution in [0.3, 0.4) is 0 Å². The van der Waals surface area contributed by atoms with Crippen LogP contribution in [0.15, 0.2) is 24.3 Å². The minimum absolute atomic E-state index is 0.0954. The molecule has 0 radical (unpaired) electrons. The third kappa shape index (κ3) is 7.06. The average molecular weight is 407 g/mol. The maximum atomic E-state index is 13.0. The molecule has 2 heterocycles. The van der Waals surface area contributed by atoms with Gasteiger partial charge >= 0.3 is 5.97 Å². The van der Waals surface area contributed by atoms with Crippen LogP contribution in [-0.4, -0.2) is 90.6 Å². The molecule has 0 aromatic heterocycles. The summed E-state index contributed by atoms with van der Waals surface area (Å²) < 4.78 is 13.0. The van der Waals surface area contributed by atoms with Crippen molar-refractivity contribution in [1.29, 1.82) is 0 Å². The largest absolute Gasteiger partial charge is 0.481 e. The highest BCUT2D eigenvalue weighted by Crippen LogP contribution is 2.14. The number of hydrogen-bond acceptors (Lipinski definition) is 5. The van der Waals surface area contributed by atoms with Gasteiger partial charge in [-0.05, 0) is 50.2 Å². The molecule has 2 aliphatic heterocycles. The maximum Gasteiger partial charge on any atom is 0.308 e. The number of anilines is 1. The van der Waals surface area contributed by atoms with E-state index in [1.165, 1.54) is 50.2 Å². The van der Waals surface area contributed by atoms with Crippen LogP contribution in [-0.2, 0) is 9.59 Å². The number of benzene rings is 1. The van der Waals surface area contributed by atoms with Crippen LogP contribution in [0.1, 0.15) is 19.3 Å². The Bertz CT molecular complexity index is 671. The highest BCUT2D eigenvalue weighted by molar-refractivity contribution is 5.93. The van der Waals surface area contributed by atoms with Gasteiger partial charge in [0.15, 0.2) is 0 Å². The molecule has 0 aliphatic carbocycles. The molecule has 29 heavy (non-hydrogen) atoms. The van der Waals surface area contributed by atoms with Gasteiger partial charge in [0.25, 0.3) is 0 Å². The van der Waals surface area contributed by atoms with E-state index in [1.54, 1.807) is 0 Å². The SMILES string of the molecule is O=C(C[C@@H](CN1CCN(CCN2CCCC2)CC1)C(=O)O)Nc1ccc(F)cc1. The number of aliphatic carboxylic acids is 1. The van der Waals surface area contributed by atoms with Gasteiger partial charge in [-0.15, -0.1) is 0 Å².